The van der Waals surface area contributed by atoms with E-state index in [1.807, 2.05) is 0 Å². The number of benzene rings is 2. The number of nitrogens with zero attached hydrogens (tertiary/aromatic N) is 2. The summed E-state index contributed by atoms with van der Waals surface area (Å²) in [7, 11) is 1.43. The Morgan fingerprint density at radius 2 is 1.96 bits per heavy atom. The minimum absolute atomic E-state index is 0.165. The summed E-state index contributed by atoms with van der Waals surface area (Å²) in [6.45, 7) is 0. The van der Waals surface area contributed by atoms with Gasteiger partial charge in [-0.2, -0.15) is 0 Å². The lowest BCUT2D eigenvalue weighted by molar-refractivity contribution is -0.385. The molecule has 0 atom stereocenters. The van der Waals surface area contributed by atoms with E-state index >= 15 is 0 Å². The lowest BCUT2D eigenvalue weighted by Crippen LogP contribution is -2.16. The number of oxime groups is 1. The van der Waals surface area contributed by atoms with Gasteiger partial charge in [-0.05, 0) is 24.3 Å². The highest BCUT2D eigenvalue weighted by Crippen LogP contribution is 2.23. The Bertz CT molecular complexity index is 823. The number of nitro benzene ring substituents is 1. The van der Waals surface area contributed by atoms with Crippen LogP contribution in [0.25, 0.3) is 0 Å². The summed E-state index contributed by atoms with van der Waals surface area (Å²) in [5.41, 5.74) is 5.45. The minimum atomic E-state index is -1.01. The van der Waals surface area contributed by atoms with Crippen LogP contribution in [0.15, 0.2) is 47.6 Å². The van der Waals surface area contributed by atoms with Crippen LogP contribution in [0.1, 0.15) is 15.9 Å². The van der Waals surface area contributed by atoms with E-state index in [4.69, 9.17) is 26.9 Å². The Hall–Kier alpha value is -3.13. The normalized spacial score (nSPS) is 11.0. The number of ether oxygens (including phenoxy) is 1. The molecule has 2 rings (SSSR count). The number of carbonyl (C=O) groups excluding carboxylic acids is 1. The predicted octanol–water partition coefficient (Wildman–Crippen LogP) is 2.73. The van der Waals surface area contributed by atoms with E-state index < -0.39 is 16.6 Å². The number of para-hydroxylation sites is 1. The molecule has 0 saturated carbocycles. The average Bonchev–Trinajstić information content (AvgIpc) is 2.59. The van der Waals surface area contributed by atoms with Gasteiger partial charge in [0.1, 0.15) is 11.3 Å². The van der Waals surface area contributed by atoms with E-state index in [2.05, 4.69) is 5.16 Å². The molecule has 24 heavy (non-hydrogen) atoms. The Balaban J connectivity index is 2.26. The zero-order chi connectivity index (χ0) is 17.7. The molecule has 0 unspecified atom stereocenters. The molecule has 2 aromatic rings. The van der Waals surface area contributed by atoms with Gasteiger partial charge in [0.15, 0.2) is 5.84 Å². The number of amidine groups is 1. The number of hydrogen-bond donors (Lipinski definition) is 1. The molecule has 0 aliphatic heterocycles. The third-order valence-corrected chi connectivity index (χ3v) is 3.22. The fourth-order valence-electron chi connectivity index (χ4n) is 1.87. The van der Waals surface area contributed by atoms with E-state index in [1.165, 1.54) is 37.4 Å². The highest BCUT2D eigenvalue weighted by molar-refractivity contribution is 6.31. The summed E-state index contributed by atoms with van der Waals surface area (Å²) >= 11 is 5.88. The van der Waals surface area contributed by atoms with Crippen molar-refractivity contribution in [3.05, 3.63) is 68.7 Å². The number of carbonyl (C=O) groups is 1. The SMILES string of the molecule is COc1ccc(Cl)cc1/C(N)=N/OC(=O)c1ccccc1[N+](=O)[O-]. The molecule has 0 radical (unpaired) electrons. The predicted molar refractivity (Wildman–Crippen MR) is 87.2 cm³/mol. The molecule has 2 aromatic carbocycles. The maximum Gasteiger partial charge on any atom is 0.372 e. The molecule has 0 heterocycles. The van der Waals surface area contributed by atoms with Crippen LogP contribution in [-0.2, 0) is 4.84 Å². The van der Waals surface area contributed by atoms with Crippen LogP contribution < -0.4 is 10.5 Å². The third kappa shape index (κ3) is 3.79. The van der Waals surface area contributed by atoms with Gasteiger partial charge < -0.3 is 15.3 Å². The Labute approximate surface area is 141 Å². The molecule has 0 amide bonds. The summed E-state index contributed by atoms with van der Waals surface area (Å²) < 4.78 is 5.11. The molecule has 2 N–H and O–H groups in total. The largest absolute Gasteiger partial charge is 0.496 e. The lowest BCUT2D eigenvalue weighted by Gasteiger charge is -2.07. The van der Waals surface area contributed by atoms with Crippen LogP contribution in [0.4, 0.5) is 5.69 Å². The van der Waals surface area contributed by atoms with Crippen molar-refractivity contribution < 1.29 is 19.3 Å². The molecule has 8 nitrogen and oxygen atoms in total. The van der Waals surface area contributed by atoms with Crippen LogP contribution in [0, 0.1) is 10.1 Å². The van der Waals surface area contributed by atoms with Gasteiger partial charge in [-0.15, -0.1) is 0 Å². The molecule has 0 fully saturated rings. The maximum absolute atomic E-state index is 12.0. The zero-order valence-corrected chi connectivity index (χ0v) is 13.2. The van der Waals surface area contributed by atoms with Gasteiger partial charge in [0.05, 0.1) is 17.6 Å². The van der Waals surface area contributed by atoms with E-state index in [-0.39, 0.29) is 11.4 Å². The number of hydrogen-bond acceptors (Lipinski definition) is 6. The Morgan fingerprint density at radius 1 is 1.25 bits per heavy atom. The Morgan fingerprint density at radius 3 is 2.62 bits per heavy atom. The second-order valence-electron chi connectivity index (χ2n) is 4.47. The third-order valence-electron chi connectivity index (χ3n) is 2.99. The van der Waals surface area contributed by atoms with E-state index in [1.54, 1.807) is 12.1 Å². The first kappa shape index (κ1) is 17.2. The van der Waals surface area contributed by atoms with Gasteiger partial charge >= 0.3 is 5.97 Å². The standard InChI is InChI=1S/C15H12ClN3O5/c1-23-13-7-6-9(16)8-11(13)14(17)18-24-15(20)10-4-2-3-5-12(10)19(21)22/h2-8H,1H3,(H2,17,18). The van der Waals surface area contributed by atoms with Crippen LogP contribution in [0.2, 0.25) is 5.02 Å². The van der Waals surface area contributed by atoms with Crippen LogP contribution in [-0.4, -0.2) is 23.8 Å². The van der Waals surface area contributed by atoms with Crippen LogP contribution >= 0.6 is 11.6 Å². The van der Waals surface area contributed by atoms with Gasteiger partial charge in [0.25, 0.3) is 5.69 Å². The smallest absolute Gasteiger partial charge is 0.372 e. The van der Waals surface area contributed by atoms with Crippen molar-refractivity contribution in [2.45, 2.75) is 0 Å². The topological polar surface area (TPSA) is 117 Å². The van der Waals surface area contributed by atoms with Crippen molar-refractivity contribution in [2.24, 2.45) is 10.9 Å². The summed E-state index contributed by atoms with van der Waals surface area (Å²) in [5, 5.41) is 14.8. The molecule has 0 spiro atoms. The van der Waals surface area contributed by atoms with E-state index in [0.717, 1.165) is 0 Å². The van der Waals surface area contributed by atoms with Gasteiger partial charge in [0.2, 0.25) is 0 Å². The number of nitro groups is 1. The average molecular weight is 350 g/mol. The summed E-state index contributed by atoms with van der Waals surface area (Å²) in [4.78, 5) is 26.9. The minimum Gasteiger partial charge on any atom is -0.496 e. The second kappa shape index (κ2) is 7.42. The second-order valence-corrected chi connectivity index (χ2v) is 4.91. The number of halogens is 1. The first-order valence-electron chi connectivity index (χ1n) is 6.56. The summed E-state index contributed by atoms with van der Waals surface area (Å²) in [6, 6.07) is 9.99. The van der Waals surface area contributed by atoms with Gasteiger partial charge in [-0.25, -0.2) is 4.79 Å². The van der Waals surface area contributed by atoms with Crippen molar-refractivity contribution in [3.8, 4) is 5.75 Å². The van der Waals surface area contributed by atoms with Crippen molar-refractivity contribution in [1.82, 2.24) is 0 Å². The number of methoxy groups -OCH3 is 1. The van der Waals surface area contributed by atoms with Crippen molar-refractivity contribution in [3.63, 3.8) is 0 Å². The molecule has 0 saturated heterocycles. The first-order valence-corrected chi connectivity index (χ1v) is 6.94. The zero-order valence-electron chi connectivity index (χ0n) is 12.4. The van der Waals surface area contributed by atoms with Crippen molar-refractivity contribution in [1.29, 1.82) is 0 Å². The molecule has 9 heteroatoms. The highest BCUT2D eigenvalue weighted by atomic mass is 35.5. The molecule has 0 aromatic heterocycles. The molecule has 0 bridgehead atoms. The van der Waals surface area contributed by atoms with Gasteiger partial charge in [0, 0.05) is 11.1 Å². The van der Waals surface area contributed by atoms with Crippen LogP contribution in [0.5, 0.6) is 5.75 Å². The molecular formula is C15H12ClN3O5. The fourth-order valence-corrected chi connectivity index (χ4v) is 2.05. The first-order chi connectivity index (χ1) is 11.4. The fraction of sp³-hybridized carbons (Fsp3) is 0.0667. The van der Waals surface area contributed by atoms with Gasteiger partial charge in [-0.3, -0.25) is 10.1 Å². The van der Waals surface area contributed by atoms with Crippen molar-refractivity contribution in [2.75, 3.05) is 7.11 Å². The van der Waals surface area contributed by atoms with E-state index in [0.29, 0.717) is 16.3 Å². The highest BCUT2D eigenvalue weighted by Gasteiger charge is 2.21. The monoisotopic (exact) mass is 349 g/mol. The number of rotatable bonds is 5. The molecule has 0 aliphatic carbocycles. The summed E-state index contributed by atoms with van der Waals surface area (Å²) in [5.74, 6) is -0.796. The van der Waals surface area contributed by atoms with Crippen molar-refractivity contribution >= 4 is 29.1 Å². The molecule has 0 aliphatic rings. The lowest BCUT2D eigenvalue weighted by atomic mass is 10.2. The maximum atomic E-state index is 12.0. The molecule has 124 valence electrons. The van der Waals surface area contributed by atoms with Crippen LogP contribution in [0.3, 0.4) is 0 Å². The summed E-state index contributed by atoms with van der Waals surface area (Å²) in [6.07, 6.45) is 0. The Kier molecular flexibility index (Phi) is 5.33. The van der Waals surface area contributed by atoms with Gasteiger partial charge in [-0.1, -0.05) is 28.9 Å². The number of nitrogens with two attached hydrogens (primary N) is 1. The molecular weight excluding hydrogens is 338 g/mol. The quantitative estimate of drug-likeness (QED) is 0.291. The van der Waals surface area contributed by atoms with E-state index in [9.17, 15) is 14.9 Å².